The predicted molar refractivity (Wildman–Crippen MR) is 80.6 cm³/mol. The van der Waals surface area contributed by atoms with Crippen LogP contribution < -0.4 is 5.32 Å². The minimum absolute atomic E-state index is 0.0648. The Balaban J connectivity index is 2.27. The molecule has 1 heterocycles. The zero-order valence-corrected chi connectivity index (χ0v) is 12.4. The van der Waals surface area contributed by atoms with Crippen molar-refractivity contribution in [3.8, 4) is 0 Å². The molecule has 0 amide bonds. The van der Waals surface area contributed by atoms with E-state index >= 15 is 0 Å². The molecule has 0 radical (unpaired) electrons. The van der Waals surface area contributed by atoms with Crippen LogP contribution in [0.15, 0.2) is 24.3 Å². The van der Waals surface area contributed by atoms with E-state index in [0.29, 0.717) is 5.02 Å². The molecule has 4 heteroatoms. The van der Waals surface area contributed by atoms with Gasteiger partial charge in [-0.25, -0.2) is 0 Å². The van der Waals surface area contributed by atoms with E-state index in [1.807, 2.05) is 36.0 Å². The second-order valence-electron chi connectivity index (χ2n) is 5.56. The van der Waals surface area contributed by atoms with Gasteiger partial charge in [0, 0.05) is 16.5 Å². The van der Waals surface area contributed by atoms with E-state index in [4.69, 9.17) is 11.6 Å². The molecule has 1 aliphatic heterocycles. The van der Waals surface area contributed by atoms with Gasteiger partial charge in [0.2, 0.25) is 0 Å². The molecule has 1 unspecified atom stereocenters. The summed E-state index contributed by atoms with van der Waals surface area (Å²) >= 11 is 7.91. The van der Waals surface area contributed by atoms with Crippen LogP contribution in [-0.2, 0) is 0 Å². The molecule has 1 fully saturated rings. The average molecular weight is 286 g/mol. The predicted octanol–water partition coefficient (Wildman–Crippen LogP) is 3.65. The summed E-state index contributed by atoms with van der Waals surface area (Å²) in [7, 11) is 0. The Hall–Kier alpha value is -0.380. The van der Waals surface area contributed by atoms with E-state index in [-0.39, 0.29) is 17.6 Å². The van der Waals surface area contributed by atoms with E-state index in [9.17, 15) is 5.11 Å². The van der Waals surface area contributed by atoms with Gasteiger partial charge >= 0.3 is 0 Å². The fourth-order valence-electron chi connectivity index (χ4n) is 2.36. The molecule has 0 aliphatic carbocycles. The third kappa shape index (κ3) is 2.63. The van der Waals surface area contributed by atoms with Crippen molar-refractivity contribution in [3.05, 3.63) is 29.3 Å². The lowest BCUT2D eigenvalue weighted by Crippen LogP contribution is -2.58. The average Bonchev–Trinajstić information content (AvgIpc) is 2.32. The van der Waals surface area contributed by atoms with Crippen LogP contribution in [-0.4, -0.2) is 28.8 Å². The van der Waals surface area contributed by atoms with E-state index in [1.165, 1.54) is 0 Å². The molecular formula is C14H20ClNOS. The van der Waals surface area contributed by atoms with Crippen LogP contribution in [0, 0.1) is 5.41 Å². The molecule has 2 N–H and O–H groups in total. The Bertz CT molecular complexity index is 424. The molecule has 2 nitrogen and oxygen atoms in total. The Kier molecular flexibility index (Phi) is 4.15. The zero-order valence-electron chi connectivity index (χ0n) is 10.9. The van der Waals surface area contributed by atoms with Gasteiger partial charge in [-0.15, -0.1) is 0 Å². The highest BCUT2D eigenvalue weighted by Crippen LogP contribution is 2.44. The number of hydrogen-bond acceptors (Lipinski definition) is 3. The highest BCUT2D eigenvalue weighted by molar-refractivity contribution is 7.99. The van der Waals surface area contributed by atoms with Gasteiger partial charge in [-0.1, -0.05) is 31.5 Å². The first-order valence-electron chi connectivity index (χ1n) is 6.21. The normalized spacial score (nSPS) is 26.9. The van der Waals surface area contributed by atoms with Crippen molar-refractivity contribution in [2.45, 2.75) is 25.8 Å². The van der Waals surface area contributed by atoms with E-state index in [0.717, 1.165) is 23.6 Å². The molecule has 18 heavy (non-hydrogen) atoms. The third-order valence-electron chi connectivity index (χ3n) is 3.99. The number of hydrogen-bond donors (Lipinski definition) is 2. The zero-order chi connectivity index (χ0) is 13.2. The second-order valence-corrected chi connectivity index (χ2v) is 7.10. The molecule has 1 aliphatic rings. The first-order chi connectivity index (χ1) is 8.49. The molecule has 1 aromatic carbocycles. The smallest absolute Gasteiger partial charge is 0.0744 e. The minimum atomic E-state index is -0.277. The number of nitrogens with one attached hydrogen (secondary N) is 1. The van der Waals surface area contributed by atoms with Crippen molar-refractivity contribution in [1.82, 2.24) is 0 Å². The first kappa shape index (κ1) is 14.0. The SMILES string of the molecule is CC1(C)CCSCC1(CO)Nc1cccc(Cl)c1. The lowest BCUT2D eigenvalue weighted by atomic mass is 9.71. The number of aliphatic hydroxyl groups is 1. The molecule has 1 saturated heterocycles. The number of benzene rings is 1. The summed E-state index contributed by atoms with van der Waals surface area (Å²) in [5.74, 6) is 2.08. The molecule has 100 valence electrons. The van der Waals surface area contributed by atoms with E-state index < -0.39 is 0 Å². The topological polar surface area (TPSA) is 32.3 Å². The van der Waals surface area contributed by atoms with Crippen LogP contribution in [0.5, 0.6) is 0 Å². The van der Waals surface area contributed by atoms with Gasteiger partial charge in [-0.2, -0.15) is 11.8 Å². The molecular weight excluding hydrogens is 266 g/mol. The first-order valence-corrected chi connectivity index (χ1v) is 7.75. The van der Waals surface area contributed by atoms with Crippen molar-refractivity contribution in [3.63, 3.8) is 0 Å². The fraction of sp³-hybridized carbons (Fsp3) is 0.571. The maximum absolute atomic E-state index is 9.90. The van der Waals surface area contributed by atoms with Crippen molar-refractivity contribution >= 4 is 29.1 Å². The van der Waals surface area contributed by atoms with E-state index in [1.54, 1.807) is 0 Å². The van der Waals surface area contributed by atoms with Crippen molar-refractivity contribution in [2.75, 3.05) is 23.4 Å². The summed E-state index contributed by atoms with van der Waals surface area (Å²) in [6, 6.07) is 7.70. The summed E-state index contributed by atoms with van der Waals surface area (Å²) in [5.41, 5.74) is 0.766. The van der Waals surface area contributed by atoms with Crippen LogP contribution >= 0.6 is 23.4 Å². The summed E-state index contributed by atoms with van der Waals surface area (Å²) in [6.07, 6.45) is 1.10. The summed E-state index contributed by atoms with van der Waals surface area (Å²) in [4.78, 5) is 0. The van der Waals surface area contributed by atoms with Gasteiger partial charge in [0.15, 0.2) is 0 Å². The van der Waals surface area contributed by atoms with Crippen LogP contribution in [0.3, 0.4) is 0 Å². The van der Waals surface area contributed by atoms with Crippen LogP contribution in [0.4, 0.5) is 5.69 Å². The molecule has 0 bridgehead atoms. The number of rotatable bonds is 3. The van der Waals surface area contributed by atoms with Gasteiger partial charge in [0.1, 0.15) is 0 Å². The van der Waals surface area contributed by atoms with E-state index in [2.05, 4.69) is 19.2 Å². The maximum Gasteiger partial charge on any atom is 0.0744 e. The lowest BCUT2D eigenvalue weighted by Gasteiger charge is -2.50. The summed E-state index contributed by atoms with van der Waals surface area (Å²) in [6.45, 7) is 4.58. The summed E-state index contributed by atoms with van der Waals surface area (Å²) < 4.78 is 0. The number of halogens is 1. The van der Waals surface area contributed by atoms with Gasteiger partial charge < -0.3 is 10.4 Å². The van der Waals surface area contributed by atoms with Gasteiger partial charge in [0.05, 0.1) is 12.1 Å². The highest BCUT2D eigenvalue weighted by Gasteiger charge is 2.46. The Morgan fingerprint density at radius 3 is 2.83 bits per heavy atom. The molecule has 1 atom stereocenters. The van der Waals surface area contributed by atoms with Gasteiger partial charge in [0.25, 0.3) is 0 Å². The molecule has 0 saturated carbocycles. The van der Waals surface area contributed by atoms with Crippen molar-refractivity contribution in [2.24, 2.45) is 5.41 Å². The standard InChI is InChI=1S/C14H20ClNOS/c1-13(2)6-7-18-10-14(13,9-17)16-12-5-3-4-11(15)8-12/h3-5,8,16-17H,6-7,9-10H2,1-2H3. The largest absolute Gasteiger partial charge is 0.394 e. The van der Waals surface area contributed by atoms with Gasteiger partial charge in [-0.05, 0) is 35.8 Å². The third-order valence-corrected chi connectivity index (χ3v) is 5.42. The van der Waals surface area contributed by atoms with Crippen molar-refractivity contribution in [1.29, 1.82) is 0 Å². The number of thioether (sulfide) groups is 1. The van der Waals surface area contributed by atoms with Crippen LogP contribution in [0.25, 0.3) is 0 Å². The van der Waals surface area contributed by atoms with Crippen LogP contribution in [0.1, 0.15) is 20.3 Å². The quantitative estimate of drug-likeness (QED) is 0.889. The second kappa shape index (κ2) is 5.32. The fourth-order valence-corrected chi connectivity index (χ4v) is 4.25. The molecule has 0 aromatic heterocycles. The number of anilines is 1. The Morgan fingerprint density at radius 2 is 2.22 bits per heavy atom. The van der Waals surface area contributed by atoms with Crippen molar-refractivity contribution < 1.29 is 5.11 Å². The van der Waals surface area contributed by atoms with Crippen LogP contribution in [0.2, 0.25) is 5.02 Å². The monoisotopic (exact) mass is 285 g/mol. The Morgan fingerprint density at radius 1 is 1.44 bits per heavy atom. The Labute approximate surface area is 118 Å². The molecule has 1 aromatic rings. The highest BCUT2D eigenvalue weighted by atomic mass is 35.5. The minimum Gasteiger partial charge on any atom is -0.394 e. The molecule has 2 rings (SSSR count). The summed E-state index contributed by atoms with van der Waals surface area (Å²) in [5, 5.41) is 14.1. The molecule has 0 spiro atoms. The lowest BCUT2D eigenvalue weighted by molar-refractivity contribution is 0.110. The van der Waals surface area contributed by atoms with Gasteiger partial charge in [-0.3, -0.25) is 0 Å². The maximum atomic E-state index is 9.90. The number of aliphatic hydroxyl groups excluding tert-OH is 1.